The first-order chi connectivity index (χ1) is 10.9. The first-order valence-electron chi connectivity index (χ1n) is 6.50. The van der Waals surface area contributed by atoms with Gasteiger partial charge in [-0.1, -0.05) is 18.2 Å². The van der Waals surface area contributed by atoms with Gasteiger partial charge in [-0.2, -0.15) is 5.10 Å². The Morgan fingerprint density at radius 3 is 2.52 bits per heavy atom. The largest absolute Gasteiger partial charge is 0.476 e. The Morgan fingerprint density at radius 1 is 1.26 bits per heavy atom. The van der Waals surface area contributed by atoms with Crippen LogP contribution < -0.4 is 10.9 Å². The average molecular weight is 319 g/mol. The summed E-state index contributed by atoms with van der Waals surface area (Å²) in [5.41, 5.74) is -0.931. The lowest BCUT2D eigenvalue weighted by atomic mass is 10.1. The molecule has 0 aliphatic heterocycles. The Morgan fingerprint density at radius 2 is 1.91 bits per heavy atom. The molecule has 0 fully saturated rings. The molecule has 1 aromatic carbocycles. The molecule has 0 radical (unpaired) electrons. The number of aromatic carboxylic acids is 1. The molecule has 0 atom stereocenters. The van der Waals surface area contributed by atoms with E-state index in [0.29, 0.717) is 0 Å². The zero-order valence-corrected chi connectivity index (χ0v) is 12.1. The third kappa shape index (κ3) is 3.51. The predicted molar refractivity (Wildman–Crippen MR) is 78.0 cm³/mol. The summed E-state index contributed by atoms with van der Waals surface area (Å²) in [4.78, 5) is 46.2. The van der Waals surface area contributed by atoms with E-state index in [1.807, 2.05) is 0 Å². The third-order valence-electron chi connectivity index (χ3n) is 3.02. The maximum atomic E-state index is 12.3. The summed E-state index contributed by atoms with van der Waals surface area (Å²) < 4.78 is 5.12. The number of aromatic nitrogens is 2. The van der Waals surface area contributed by atoms with Crippen LogP contribution in [0.3, 0.4) is 0 Å². The van der Waals surface area contributed by atoms with Crippen molar-refractivity contribution in [1.82, 2.24) is 15.1 Å². The first-order valence-corrected chi connectivity index (χ1v) is 6.50. The molecule has 9 heteroatoms. The number of hydrogen-bond donors (Lipinski definition) is 2. The SMILES string of the molecule is COC(=O)CNC(=O)Cn1nc(C(=O)O)c2ccccc2c1=O. The van der Waals surface area contributed by atoms with E-state index < -0.39 is 29.9 Å². The topological polar surface area (TPSA) is 128 Å². The molecule has 1 amide bonds. The summed E-state index contributed by atoms with van der Waals surface area (Å²) in [7, 11) is 1.17. The van der Waals surface area contributed by atoms with Crippen LogP contribution in [0.1, 0.15) is 10.5 Å². The first kappa shape index (κ1) is 16.1. The van der Waals surface area contributed by atoms with Gasteiger partial charge in [-0.3, -0.25) is 14.4 Å². The number of ether oxygens (including phenoxy) is 1. The molecule has 23 heavy (non-hydrogen) atoms. The number of nitrogens with zero attached hydrogens (tertiary/aromatic N) is 2. The quantitative estimate of drug-likeness (QED) is 0.703. The van der Waals surface area contributed by atoms with Crippen LogP contribution >= 0.6 is 0 Å². The fraction of sp³-hybridized carbons (Fsp3) is 0.214. The standard InChI is InChI=1S/C14H13N3O6/c1-23-11(19)6-15-10(18)7-17-13(20)9-5-3-2-4-8(9)12(16-17)14(21)22/h2-5H,6-7H2,1H3,(H,15,18)(H,21,22). The number of carbonyl (C=O) groups is 3. The minimum absolute atomic E-state index is 0.140. The molecule has 1 heterocycles. The highest BCUT2D eigenvalue weighted by molar-refractivity contribution is 6.01. The molecule has 2 N–H and O–H groups in total. The Kier molecular flexibility index (Phi) is 4.69. The molecule has 1 aromatic heterocycles. The number of esters is 1. The molecular formula is C14H13N3O6. The van der Waals surface area contributed by atoms with Crippen LogP contribution in [-0.2, 0) is 20.9 Å². The van der Waals surface area contributed by atoms with Crippen LogP contribution in [0.15, 0.2) is 29.1 Å². The van der Waals surface area contributed by atoms with Crippen LogP contribution in [0.4, 0.5) is 0 Å². The van der Waals surface area contributed by atoms with Crippen molar-refractivity contribution in [1.29, 1.82) is 0 Å². The van der Waals surface area contributed by atoms with Gasteiger partial charge < -0.3 is 15.2 Å². The van der Waals surface area contributed by atoms with Gasteiger partial charge in [0.25, 0.3) is 5.56 Å². The normalized spacial score (nSPS) is 10.3. The van der Waals surface area contributed by atoms with Gasteiger partial charge in [0.2, 0.25) is 5.91 Å². The van der Waals surface area contributed by atoms with Crippen molar-refractivity contribution < 1.29 is 24.2 Å². The highest BCUT2D eigenvalue weighted by Gasteiger charge is 2.17. The summed E-state index contributed by atoms with van der Waals surface area (Å²) >= 11 is 0. The fourth-order valence-corrected chi connectivity index (χ4v) is 1.94. The average Bonchev–Trinajstić information content (AvgIpc) is 2.55. The molecule has 2 aromatic rings. The van der Waals surface area contributed by atoms with Crippen molar-refractivity contribution in [2.75, 3.05) is 13.7 Å². The van der Waals surface area contributed by atoms with Crippen LogP contribution in [-0.4, -0.2) is 46.4 Å². The van der Waals surface area contributed by atoms with E-state index in [-0.39, 0.29) is 23.0 Å². The summed E-state index contributed by atoms with van der Waals surface area (Å²) in [6, 6.07) is 6.09. The lowest BCUT2D eigenvalue weighted by Crippen LogP contribution is -2.37. The van der Waals surface area contributed by atoms with Gasteiger partial charge in [0.05, 0.1) is 12.5 Å². The molecule has 0 unspecified atom stereocenters. The number of benzene rings is 1. The number of nitrogens with one attached hydrogen (secondary N) is 1. The summed E-state index contributed by atoms with van der Waals surface area (Å²) in [6.07, 6.45) is 0. The molecule has 9 nitrogen and oxygen atoms in total. The van der Waals surface area contributed by atoms with Gasteiger partial charge in [0.1, 0.15) is 13.1 Å². The molecule has 2 rings (SSSR count). The van der Waals surface area contributed by atoms with E-state index >= 15 is 0 Å². The minimum atomic E-state index is -1.31. The Balaban J connectivity index is 2.36. The van der Waals surface area contributed by atoms with Gasteiger partial charge in [-0.05, 0) is 6.07 Å². The second-order valence-corrected chi connectivity index (χ2v) is 4.52. The summed E-state index contributed by atoms with van der Waals surface area (Å²) in [6.45, 7) is -0.871. The highest BCUT2D eigenvalue weighted by Crippen LogP contribution is 2.12. The number of amides is 1. The zero-order chi connectivity index (χ0) is 17.0. The number of rotatable bonds is 5. The number of methoxy groups -OCH3 is 1. The highest BCUT2D eigenvalue weighted by atomic mass is 16.5. The fourth-order valence-electron chi connectivity index (χ4n) is 1.94. The zero-order valence-electron chi connectivity index (χ0n) is 12.1. The second kappa shape index (κ2) is 6.69. The van der Waals surface area contributed by atoms with E-state index in [9.17, 15) is 24.3 Å². The van der Waals surface area contributed by atoms with Crippen LogP contribution in [0, 0.1) is 0 Å². The van der Waals surface area contributed by atoms with Gasteiger partial charge in [0.15, 0.2) is 5.69 Å². The van der Waals surface area contributed by atoms with Gasteiger partial charge in [-0.25, -0.2) is 9.48 Å². The summed E-state index contributed by atoms with van der Waals surface area (Å²) in [5, 5.41) is 15.5. The predicted octanol–water partition coefficient (Wildman–Crippen LogP) is -0.616. The number of carboxylic acids is 1. The third-order valence-corrected chi connectivity index (χ3v) is 3.02. The van der Waals surface area contributed by atoms with E-state index in [4.69, 9.17) is 0 Å². The molecule has 0 saturated carbocycles. The summed E-state index contributed by atoms with van der Waals surface area (Å²) in [5.74, 6) is -2.63. The molecule has 0 saturated heterocycles. The number of carbonyl (C=O) groups excluding carboxylic acids is 2. The molecule has 0 aliphatic carbocycles. The maximum absolute atomic E-state index is 12.3. The van der Waals surface area contributed by atoms with Crippen molar-refractivity contribution in [3.63, 3.8) is 0 Å². The van der Waals surface area contributed by atoms with Gasteiger partial charge in [-0.15, -0.1) is 0 Å². The van der Waals surface area contributed by atoms with E-state index in [2.05, 4.69) is 15.2 Å². The maximum Gasteiger partial charge on any atom is 0.357 e. The van der Waals surface area contributed by atoms with E-state index in [1.54, 1.807) is 12.1 Å². The smallest absolute Gasteiger partial charge is 0.357 e. The van der Waals surface area contributed by atoms with Crippen LogP contribution in [0.25, 0.3) is 10.8 Å². The van der Waals surface area contributed by atoms with E-state index in [0.717, 1.165) is 4.68 Å². The van der Waals surface area contributed by atoms with Crippen LogP contribution in [0.2, 0.25) is 0 Å². The van der Waals surface area contributed by atoms with Gasteiger partial charge in [0, 0.05) is 5.39 Å². The molecule has 0 bridgehead atoms. The monoisotopic (exact) mass is 319 g/mol. The lowest BCUT2D eigenvalue weighted by Gasteiger charge is -2.09. The Hall–Kier alpha value is -3.23. The number of carboxylic acid groups (broad SMARTS) is 1. The second-order valence-electron chi connectivity index (χ2n) is 4.52. The van der Waals surface area contributed by atoms with Crippen molar-refractivity contribution in [3.8, 4) is 0 Å². The number of fused-ring (bicyclic) bond motifs is 1. The van der Waals surface area contributed by atoms with Crippen molar-refractivity contribution >= 4 is 28.6 Å². The van der Waals surface area contributed by atoms with Crippen molar-refractivity contribution in [2.24, 2.45) is 0 Å². The molecular weight excluding hydrogens is 306 g/mol. The van der Waals surface area contributed by atoms with Crippen molar-refractivity contribution in [3.05, 3.63) is 40.3 Å². The molecule has 0 spiro atoms. The van der Waals surface area contributed by atoms with E-state index in [1.165, 1.54) is 19.2 Å². The molecule has 120 valence electrons. The number of hydrogen-bond acceptors (Lipinski definition) is 6. The lowest BCUT2D eigenvalue weighted by molar-refractivity contribution is -0.141. The molecule has 0 aliphatic rings. The minimum Gasteiger partial charge on any atom is -0.476 e. The Bertz CT molecular complexity index is 842. The Labute approximate surface area is 129 Å². The van der Waals surface area contributed by atoms with Crippen molar-refractivity contribution in [2.45, 2.75) is 6.54 Å². The van der Waals surface area contributed by atoms with Gasteiger partial charge >= 0.3 is 11.9 Å². The van der Waals surface area contributed by atoms with Crippen LogP contribution in [0.5, 0.6) is 0 Å².